The van der Waals surface area contributed by atoms with Crippen molar-refractivity contribution in [3.05, 3.63) is 11.8 Å². The molecule has 12 heavy (non-hydrogen) atoms. The third kappa shape index (κ3) is 1.18. The van der Waals surface area contributed by atoms with Gasteiger partial charge in [0.2, 0.25) is 0 Å². The molecule has 1 atom stereocenters. The predicted molar refractivity (Wildman–Crippen MR) is 40.8 cm³/mol. The molecule has 1 heterocycles. The van der Waals surface area contributed by atoms with Gasteiger partial charge in [-0.05, 0) is 0 Å². The average molecular weight is 170 g/mol. The number of nitrogens with two attached hydrogens (primary N) is 1. The maximum absolute atomic E-state index is 11.2. The van der Waals surface area contributed by atoms with Crippen LogP contribution in [0.4, 0.5) is 0 Å². The Kier molecular flexibility index (Phi) is 2.14. The first-order chi connectivity index (χ1) is 5.57. The van der Waals surface area contributed by atoms with Gasteiger partial charge in [0.05, 0.1) is 7.11 Å². The standard InChI is InChI=1S/C7H10N2O3/c1-9-5(10)3-4(12-2)6(8)7(9)11/h3,6H,8H2,1-2H3. The van der Waals surface area contributed by atoms with Crippen molar-refractivity contribution in [3.63, 3.8) is 0 Å². The highest BCUT2D eigenvalue weighted by atomic mass is 16.5. The summed E-state index contributed by atoms with van der Waals surface area (Å²) in [4.78, 5) is 23.1. The first-order valence-electron chi connectivity index (χ1n) is 3.40. The van der Waals surface area contributed by atoms with Crippen LogP contribution in [0.1, 0.15) is 0 Å². The SMILES string of the molecule is COC1=CC(=O)N(C)C(=O)C1N. The zero-order chi connectivity index (χ0) is 9.30. The molecule has 0 radical (unpaired) electrons. The summed E-state index contributed by atoms with van der Waals surface area (Å²) in [7, 11) is 2.76. The van der Waals surface area contributed by atoms with Crippen LogP contribution in [-0.4, -0.2) is 36.9 Å². The Hall–Kier alpha value is -1.36. The van der Waals surface area contributed by atoms with Crippen LogP contribution >= 0.6 is 0 Å². The van der Waals surface area contributed by atoms with Crippen LogP contribution in [0.2, 0.25) is 0 Å². The van der Waals surface area contributed by atoms with E-state index in [0.29, 0.717) is 0 Å². The van der Waals surface area contributed by atoms with E-state index in [4.69, 9.17) is 10.5 Å². The summed E-state index contributed by atoms with van der Waals surface area (Å²) in [6.07, 6.45) is 1.21. The summed E-state index contributed by atoms with van der Waals surface area (Å²) in [5.74, 6) is -0.638. The number of rotatable bonds is 1. The van der Waals surface area contributed by atoms with Crippen LogP contribution in [0.3, 0.4) is 0 Å². The predicted octanol–water partition coefficient (Wildman–Crippen LogP) is -1.16. The highest BCUT2D eigenvalue weighted by Gasteiger charge is 2.31. The zero-order valence-electron chi connectivity index (χ0n) is 6.90. The highest BCUT2D eigenvalue weighted by molar-refractivity contribution is 6.06. The minimum atomic E-state index is -0.849. The zero-order valence-corrected chi connectivity index (χ0v) is 6.90. The lowest BCUT2D eigenvalue weighted by molar-refractivity contribution is -0.142. The van der Waals surface area contributed by atoms with Gasteiger partial charge in [0.1, 0.15) is 11.8 Å². The molecule has 1 aliphatic heterocycles. The smallest absolute Gasteiger partial charge is 0.256 e. The van der Waals surface area contributed by atoms with Crippen molar-refractivity contribution in [1.82, 2.24) is 4.90 Å². The molecule has 5 heteroatoms. The molecule has 0 saturated carbocycles. The van der Waals surface area contributed by atoms with Gasteiger partial charge < -0.3 is 10.5 Å². The van der Waals surface area contributed by atoms with Crippen molar-refractivity contribution in [1.29, 1.82) is 0 Å². The van der Waals surface area contributed by atoms with E-state index < -0.39 is 17.9 Å². The van der Waals surface area contributed by atoms with Gasteiger partial charge in [0, 0.05) is 13.1 Å². The van der Waals surface area contributed by atoms with Crippen LogP contribution in [0.5, 0.6) is 0 Å². The number of imide groups is 1. The lowest BCUT2D eigenvalue weighted by Crippen LogP contribution is -2.49. The van der Waals surface area contributed by atoms with Gasteiger partial charge >= 0.3 is 0 Å². The van der Waals surface area contributed by atoms with Crippen molar-refractivity contribution in [2.24, 2.45) is 5.73 Å². The Morgan fingerprint density at radius 3 is 2.67 bits per heavy atom. The van der Waals surface area contributed by atoms with Crippen molar-refractivity contribution in [3.8, 4) is 0 Å². The third-order valence-corrected chi connectivity index (χ3v) is 1.74. The Bertz CT molecular complexity index is 259. The lowest BCUT2D eigenvalue weighted by atomic mass is 10.1. The Morgan fingerprint density at radius 1 is 1.58 bits per heavy atom. The van der Waals surface area contributed by atoms with Gasteiger partial charge in [-0.1, -0.05) is 0 Å². The molecule has 5 nitrogen and oxygen atoms in total. The molecule has 2 N–H and O–H groups in total. The number of carbonyl (C=O) groups excluding carboxylic acids is 2. The van der Waals surface area contributed by atoms with Gasteiger partial charge in [-0.15, -0.1) is 0 Å². The van der Waals surface area contributed by atoms with E-state index in [0.717, 1.165) is 4.90 Å². The molecule has 2 amide bonds. The van der Waals surface area contributed by atoms with Crippen molar-refractivity contribution >= 4 is 11.8 Å². The third-order valence-electron chi connectivity index (χ3n) is 1.74. The van der Waals surface area contributed by atoms with Crippen LogP contribution < -0.4 is 5.73 Å². The average Bonchev–Trinajstić information content (AvgIpc) is 2.08. The van der Waals surface area contributed by atoms with E-state index in [1.54, 1.807) is 0 Å². The molecule has 0 aromatic rings. The summed E-state index contributed by atoms with van der Waals surface area (Å²) >= 11 is 0. The minimum absolute atomic E-state index is 0.211. The Morgan fingerprint density at radius 2 is 2.17 bits per heavy atom. The molecule has 1 aliphatic rings. The number of nitrogens with zero attached hydrogens (tertiary/aromatic N) is 1. The van der Waals surface area contributed by atoms with Gasteiger partial charge in [0.25, 0.3) is 11.8 Å². The lowest BCUT2D eigenvalue weighted by Gasteiger charge is -2.24. The second kappa shape index (κ2) is 2.94. The van der Waals surface area contributed by atoms with Gasteiger partial charge in [-0.25, -0.2) is 0 Å². The van der Waals surface area contributed by atoms with E-state index >= 15 is 0 Å². The fourth-order valence-corrected chi connectivity index (χ4v) is 0.933. The fraction of sp³-hybridized carbons (Fsp3) is 0.429. The largest absolute Gasteiger partial charge is 0.499 e. The second-order valence-electron chi connectivity index (χ2n) is 2.46. The van der Waals surface area contributed by atoms with E-state index in [1.807, 2.05) is 0 Å². The second-order valence-corrected chi connectivity index (χ2v) is 2.46. The minimum Gasteiger partial charge on any atom is -0.499 e. The molecule has 66 valence electrons. The molecular weight excluding hydrogens is 160 g/mol. The Balaban J connectivity index is 3.00. The maximum Gasteiger partial charge on any atom is 0.256 e. The molecular formula is C7H10N2O3. The first-order valence-corrected chi connectivity index (χ1v) is 3.40. The van der Waals surface area contributed by atoms with Crippen LogP contribution in [0, 0.1) is 0 Å². The molecule has 0 aliphatic carbocycles. The van der Waals surface area contributed by atoms with Gasteiger partial charge in [-0.2, -0.15) is 0 Å². The van der Waals surface area contributed by atoms with E-state index in [-0.39, 0.29) is 5.76 Å². The number of likely N-dealkylation sites (N-methyl/N-ethyl adjacent to an activating group) is 1. The molecule has 0 saturated heterocycles. The molecule has 0 bridgehead atoms. The summed E-state index contributed by atoms with van der Waals surface area (Å²) < 4.78 is 4.76. The normalized spacial score (nSPS) is 24.1. The number of methoxy groups -OCH3 is 1. The molecule has 0 fully saturated rings. The van der Waals surface area contributed by atoms with Crippen molar-refractivity contribution < 1.29 is 14.3 Å². The fourth-order valence-electron chi connectivity index (χ4n) is 0.933. The number of amides is 2. The summed E-state index contributed by atoms with van der Waals surface area (Å²) in [6.45, 7) is 0. The number of hydrogen-bond acceptors (Lipinski definition) is 4. The summed E-state index contributed by atoms with van der Waals surface area (Å²) in [5, 5.41) is 0. The van der Waals surface area contributed by atoms with Crippen molar-refractivity contribution in [2.45, 2.75) is 6.04 Å². The topological polar surface area (TPSA) is 72.6 Å². The maximum atomic E-state index is 11.2. The first kappa shape index (κ1) is 8.73. The molecule has 0 spiro atoms. The molecule has 0 aromatic heterocycles. The molecule has 1 rings (SSSR count). The molecule has 1 unspecified atom stereocenters. The Labute approximate surface area is 69.8 Å². The number of ether oxygens (including phenoxy) is 1. The number of hydrogen-bond donors (Lipinski definition) is 1. The van der Waals surface area contributed by atoms with Crippen LogP contribution in [0.25, 0.3) is 0 Å². The van der Waals surface area contributed by atoms with E-state index in [1.165, 1.54) is 20.2 Å². The number of carbonyl (C=O) groups is 2. The molecule has 0 aromatic carbocycles. The van der Waals surface area contributed by atoms with Gasteiger partial charge in [0.15, 0.2) is 0 Å². The summed E-state index contributed by atoms with van der Waals surface area (Å²) in [5.41, 5.74) is 5.45. The summed E-state index contributed by atoms with van der Waals surface area (Å²) in [6, 6.07) is -0.849. The van der Waals surface area contributed by atoms with Crippen molar-refractivity contribution in [2.75, 3.05) is 14.2 Å². The monoisotopic (exact) mass is 170 g/mol. The van der Waals surface area contributed by atoms with Crippen LogP contribution in [-0.2, 0) is 14.3 Å². The van der Waals surface area contributed by atoms with E-state index in [2.05, 4.69) is 0 Å². The van der Waals surface area contributed by atoms with Gasteiger partial charge in [-0.3, -0.25) is 14.5 Å². The highest BCUT2D eigenvalue weighted by Crippen LogP contribution is 2.10. The van der Waals surface area contributed by atoms with E-state index in [9.17, 15) is 9.59 Å². The van der Waals surface area contributed by atoms with Crippen LogP contribution in [0.15, 0.2) is 11.8 Å². The quantitative estimate of drug-likeness (QED) is 0.504.